The molecular weight excluding hydrogens is 338 g/mol. The Kier molecular flexibility index (Phi) is 5.86. The van der Waals surface area contributed by atoms with Gasteiger partial charge in [-0.25, -0.2) is 8.42 Å². The van der Waals surface area contributed by atoms with Crippen LogP contribution in [-0.4, -0.2) is 57.4 Å². The molecule has 0 aromatic rings. The van der Waals surface area contributed by atoms with Crippen molar-refractivity contribution in [3.63, 3.8) is 0 Å². The average Bonchev–Trinajstić information content (AvgIpc) is 2.60. The normalized spacial score (nSPS) is 20.2. The molecule has 2 rings (SSSR count). The predicted molar refractivity (Wildman–Crippen MR) is 96.9 cm³/mol. The molecule has 0 spiro atoms. The summed E-state index contributed by atoms with van der Waals surface area (Å²) in [5.74, 6) is 0.0935. The number of sulfone groups is 1. The van der Waals surface area contributed by atoms with E-state index < -0.39 is 15.3 Å². The van der Waals surface area contributed by atoms with Gasteiger partial charge in [0.05, 0.1) is 11.5 Å². The van der Waals surface area contributed by atoms with Crippen molar-refractivity contribution >= 4 is 15.7 Å². The third-order valence-corrected chi connectivity index (χ3v) is 6.49. The van der Waals surface area contributed by atoms with E-state index in [1.54, 1.807) is 18.2 Å². The minimum absolute atomic E-state index is 0.0935. The first kappa shape index (κ1) is 19.4. The Hall–Kier alpha value is -1.91. The monoisotopic (exact) mass is 363 g/mol. The van der Waals surface area contributed by atoms with Crippen LogP contribution in [0, 0.1) is 16.7 Å². The fourth-order valence-electron chi connectivity index (χ4n) is 3.13. The summed E-state index contributed by atoms with van der Waals surface area (Å²) in [6.45, 7) is 6.99. The van der Waals surface area contributed by atoms with Gasteiger partial charge in [-0.3, -0.25) is 4.79 Å². The number of amides is 1. The molecule has 2 aliphatic rings. The molecule has 0 bridgehead atoms. The Labute approximate surface area is 150 Å². The van der Waals surface area contributed by atoms with Crippen molar-refractivity contribution in [2.45, 2.75) is 26.7 Å². The van der Waals surface area contributed by atoms with Crippen LogP contribution in [0.4, 0.5) is 0 Å². The van der Waals surface area contributed by atoms with Crippen LogP contribution in [0.25, 0.3) is 0 Å². The zero-order valence-electron chi connectivity index (χ0n) is 15.0. The first-order valence-corrected chi connectivity index (χ1v) is 9.92. The van der Waals surface area contributed by atoms with Crippen molar-refractivity contribution in [3.8, 4) is 6.07 Å². The first-order chi connectivity index (χ1) is 11.7. The highest BCUT2D eigenvalue weighted by molar-refractivity contribution is 7.98. The average molecular weight is 363 g/mol. The minimum Gasteiger partial charge on any atom is -0.339 e. The number of carbonyl (C=O) groups excluding carboxylic acids is 1. The number of hydrogen-bond donors (Lipinski definition) is 0. The Morgan fingerprint density at radius 1 is 1.20 bits per heavy atom. The van der Waals surface area contributed by atoms with E-state index in [2.05, 4.69) is 4.90 Å². The van der Waals surface area contributed by atoms with Crippen molar-refractivity contribution in [1.29, 1.82) is 5.26 Å². The van der Waals surface area contributed by atoms with Gasteiger partial charge in [-0.15, -0.1) is 0 Å². The summed E-state index contributed by atoms with van der Waals surface area (Å²) in [6, 6.07) is 1.69. The van der Waals surface area contributed by atoms with Crippen LogP contribution in [-0.2, 0) is 14.6 Å². The minimum atomic E-state index is -3.55. The van der Waals surface area contributed by atoms with Gasteiger partial charge in [-0.2, -0.15) is 5.26 Å². The molecule has 1 saturated heterocycles. The highest BCUT2D eigenvalue weighted by Gasteiger charge is 2.37. The Morgan fingerprint density at radius 2 is 1.84 bits per heavy atom. The highest BCUT2D eigenvalue weighted by atomic mass is 32.2. The smallest absolute Gasteiger partial charge is 0.232 e. The van der Waals surface area contributed by atoms with Crippen molar-refractivity contribution in [1.82, 2.24) is 9.80 Å². The molecule has 136 valence electrons. The van der Waals surface area contributed by atoms with Gasteiger partial charge in [0.25, 0.3) is 0 Å². The van der Waals surface area contributed by atoms with E-state index in [1.807, 2.05) is 25.8 Å². The van der Waals surface area contributed by atoms with E-state index in [9.17, 15) is 13.2 Å². The van der Waals surface area contributed by atoms with Gasteiger partial charge in [-0.05, 0) is 39.8 Å². The zero-order valence-corrected chi connectivity index (χ0v) is 15.8. The van der Waals surface area contributed by atoms with E-state index in [0.717, 1.165) is 43.2 Å². The lowest BCUT2D eigenvalue weighted by molar-refractivity contribution is -0.140. The molecule has 0 atom stereocenters. The van der Waals surface area contributed by atoms with Crippen LogP contribution in [0.3, 0.4) is 0 Å². The molecule has 0 radical (unpaired) electrons. The van der Waals surface area contributed by atoms with Gasteiger partial charge in [-0.1, -0.05) is 11.6 Å². The summed E-state index contributed by atoms with van der Waals surface area (Å²) < 4.78 is 24.2. The molecule has 0 saturated carbocycles. The molecule has 0 aromatic carbocycles. The van der Waals surface area contributed by atoms with Crippen LogP contribution in [0.5, 0.6) is 0 Å². The van der Waals surface area contributed by atoms with Gasteiger partial charge in [0, 0.05) is 42.6 Å². The van der Waals surface area contributed by atoms with Gasteiger partial charge in [0.2, 0.25) is 5.91 Å². The third kappa shape index (κ3) is 4.39. The van der Waals surface area contributed by atoms with Crippen LogP contribution in [0.15, 0.2) is 34.1 Å². The summed E-state index contributed by atoms with van der Waals surface area (Å²) in [5, 5.41) is 9.43. The SMILES string of the molecule is CN1CCN(C(=O)C(C)(C)C2=CC=C(S(=O)(=O)C=CC#N)CC2)CC1. The standard InChI is InChI=1S/C18H25N3O3S/c1-18(2,17(22)21-12-10-20(3)11-13-21)15-5-7-16(8-6-15)25(23,24)14-4-9-19/h4-5,7,14H,6,8,10-13H2,1-3H3. The summed E-state index contributed by atoms with van der Waals surface area (Å²) in [7, 11) is -1.50. The molecule has 25 heavy (non-hydrogen) atoms. The van der Waals surface area contributed by atoms with E-state index in [0.29, 0.717) is 12.8 Å². The number of likely N-dealkylation sites (N-methyl/N-ethyl adjacent to an activating group) is 1. The zero-order chi connectivity index (χ0) is 18.7. The molecule has 1 fully saturated rings. The Morgan fingerprint density at radius 3 is 2.36 bits per heavy atom. The number of carbonyl (C=O) groups is 1. The molecule has 1 aliphatic heterocycles. The number of hydrogen-bond acceptors (Lipinski definition) is 5. The second kappa shape index (κ2) is 7.54. The van der Waals surface area contributed by atoms with E-state index >= 15 is 0 Å². The fraction of sp³-hybridized carbons (Fsp3) is 0.556. The van der Waals surface area contributed by atoms with Crippen LogP contribution >= 0.6 is 0 Å². The van der Waals surface area contributed by atoms with Crippen LogP contribution < -0.4 is 0 Å². The number of nitriles is 1. The quantitative estimate of drug-likeness (QED) is 0.712. The molecule has 0 aromatic heterocycles. The largest absolute Gasteiger partial charge is 0.339 e. The maximum Gasteiger partial charge on any atom is 0.232 e. The van der Waals surface area contributed by atoms with E-state index in [1.165, 1.54) is 0 Å². The number of nitrogens with zero attached hydrogens (tertiary/aromatic N) is 3. The molecule has 1 heterocycles. The lowest BCUT2D eigenvalue weighted by atomic mass is 9.78. The summed E-state index contributed by atoms with van der Waals surface area (Å²) in [5.41, 5.74) is 0.295. The molecule has 0 unspecified atom stereocenters. The third-order valence-electron chi connectivity index (χ3n) is 4.93. The number of allylic oxidation sites excluding steroid dienone is 4. The fourth-order valence-corrected chi connectivity index (χ4v) is 4.18. The maximum atomic E-state index is 12.9. The van der Waals surface area contributed by atoms with Crippen molar-refractivity contribution < 1.29 is 13.2 Å². The van der Waals surface area contributed by atoms with E-state index in [-0.39, 0.29) is 10.8 Å². The summed E-state index contributed by atoms with van der Waals surface area (Å²) in [4.78, 5) is 17.3. The molecule has 0 N–H and O–H groups in total. The lowest BCUT2D eigenvalue weighted by Gasteiger charge is -2.38. The first-order valence-electron chi connectivity index (χ1n) is 8.38. The van der Waals surface area contributed by atoms with Gasteiger partial charge < -0.3 is 9.80 Å². The maximum absolute atomic E-state index is 12.9. The highest BCUT2D eigenvalue weighted by Crippen LogP contribution is 2.36. The Balaban J connectivity index is 2.17. The van der Waals surface area contributed by atoms with Crippen LogP contribution in [0.2, 0.25) is 0 Å². The molecular formula is C18H25N3O3S. The van der Waals surface area contributed by atoms with Gasteiger partial charge in [0.1, 0.15) is 0 Å². The lowest BCUT2D eigenvalue weighted by Crippen LogP contribution is -2.51. The molecule has 1 amide bonds. The number of rotatable bonds is 4. The number of piperazine rings is 1. The van der Waals surface area contributed by atoms with E-state index in [4.69, 9.17) is 5.26 Å². The predicted octanol–water partition coefficient (Wildman–Crippen LogP) is 1.84. The van der Waals surface area contributed by atoms with Crippen molar-refractivity contribution in [2.75, 3.05) is 33.2 Å². The molecule has 7 heteroatoms. The van der Waals surface area contributed by atoms with Gasteiger partial charge in [0.15, 0.2) is 9.84 Å². The molecule has 6 nitrogen and oxygen atoms in total. The van der Waals surface area contributed by atoms with Crippen molar-refractivity contribution in [2.24, 2.45) is 5.41 Å². The van der Waals surface area contributed by atoms with Crippen molar-refractivity contribution in [3.05, 3.63) is 34.1 Å². The summed E-state index contributed by atoms with van der Waals surface area (Å²) >= 11 is 0. The summed E-state index contributed by atoms with van der Waals surface area (Å²) in [6.07, 6.45) is 5.16. The molecule has 1 aliphatic carbocycles. The second-order valence-electron chi connectivity index (χ2n) is 7.02. The topological polar surface area (TPSA) is 81.5 Å². The second-order valence-corrected chi connectivity index (χ2v) is 8.91. The Bertz CT molecular complexity index is 762. The van der Waals surface area contributed by atoms with Crippen LogP contribution in [0.1, 0.15) is 26.7 Å². The van der Waals surface area contributed by atoms with Gasteiger partial charge >= 0.3 is 0 Å².